The van der Waals surface area contributed by atoms with Crippen molar-refractivity contribution in [3.8, 4) is 11.1 Å². The third kappa shape index (κ3) is 5.84. The molecule has 1 saturated heterocycles. The van der Waals surface area contributed by atoms with Gasteiger partial charge in [-0.2, -0.15) is 0 Å². The van der Waals surface area contributed by atoms with Gasteiger partial charge in [-0.15, -0.1) is 0 Å². The van der Waals surface area contributed by atoms with Gasteiger partial charge in [-0.05, 0) is 53.9 Å². The molecule has 7 nitrogen and oxygen atoms in total. The number of hydrogen-bond acceptors (Lipinski definition) is 4. The first-order chi connectivity index (χ1) is 17.0. The molecule has 2 N–H and O–H groups in total. The molecule has 186 valence electrons. The maximum Gasteiger partial charge on any atom is 0.407 e. The number of carbonyl (C=O) groups excluding carboxylic acids is 2. The minimum atomic E-state index is -1.00. The molecule has 7 heteroatoms. The molecule has 1 aliphatic heterocycles. The number of hydrogen-bond donors (Lipinski definition) is 2. The molecule has 0 saturated carbocycles. The first-order valence-electron chi connectivity index (χ1n) is 12.6. The number of likely N-dealkylation sites (tertiary alicyclic amines) is 1. The predicted molar refractivity (Wildman–Crippen MR) is 133 cm³/mol. The molecule has 2 unspecified atom stereocenters. The van der Waals surface area contributed by atoms with Gasteiger partial charge >= 0.3 is 12.1 Å². The molecule has 2 aliphatic rings. The third-order valence-corrected chi connectivity index (χ3v) is 7.32. The van der Waals surface area contributed by atoms with Gasteiger partial charge in [-0.1, -0.05) is 61.9 Å². The average molecular weight is 479 g/mol. The monoisotopic (exact) mass is 478 g/mol. The number of alkyl carbamates (subject to hydrolysis) is 1. The maximum absolute atomic E-state index is 13.2. The quantitative estimate of drug-likeness (QED) is 0.568. The number of benzene rings is 2. The van der Waals surface area contributed by atoms with Crippen LogP contribution in [0.3, 0.4) is 0 Å². The van der Waals surface area contributed by atoms with E-state index in [2.05, 4.69) is 24.4 Å². The Kier molecular flexibility index (Phi) is 8.06. The number of carboxylic acids is 1. The molecule has 2 aromatic carbocycles. The van der Waals surface area contributed by atoms with Crippen molar-refractivity contribution < 1.29 is 24.2 Å². The smallest absolute Gasteiger partial charge is 0.407 e. The summed E-state index contributed by atoms with van der Waals surface area (Å²) in [5.74, 6) is -0.714. The lowest BCUT2D eigenvalue weighted by Crippen LogP contribution is -2.49. The highest BCUT2D eigenvalue weighted by atomic mass is 16.5. The van der Waals surface area contributed by atoms with Gasteiger partial charge in [0.2, 0.25) is 5.91 Å². The lowest BCUT2D eigenvalue weighted by molar-refractivity contribution is -0.138. The van der Waals surface area contributed by atoms with Crippen LogP contribution >= 0.6 is 0 Å². The van der Waals surface area contributed by atoms with Crippen LogP contribution in [0.1, 0.15) is 62.5 Å². The molecule has 35 heavy (non-hydrogen) atoms. The first-order valence-corrected chi connectivity index (χ1v) is 12.6. The molecule has 1 heterocycles. The molecule has 2 atom stereocenters. The fourth-order valence-corrected chi connectivity index (χ4v) is 5.32. The number of amides is 2. The summed E-state index contributed by atoms with van der Waals surface area (Å²) in [6.07, 6.45) is 3.15. The third-order valence-electron chi connectivity index (χ3n) is 7.32. The van der Waals surface area contributed by atoms with Crippen molar-refractivity contribution in [3.63, 3.8) is 0 Å². The average Bonchev–Trinajstić information content (AvgIpc) is 3.00. The van der Waals surface area contributed by atoms with E-state index in [-0.39, 0.29) is 31.3 Å². The normalized spacial score (nSPS) is 18.2. The second-order valence-corrected chi connectivity index (χ2v) is 9.49. The lowest BCUT2D eigenvalue weighted by atomic mass is 9.98. The van der Waals surface area contributed by atoms with Gasteiger partial charge in [-0.3, -0.25) is 9.59 Å². The molecule has 0 aromatic heterocycles. The van der Waals surface area contributed by atoms with E-state index in [1.54, 1.807) is 4.90 Å². The summed E-state index contributed by atoms with van der Waals surface area (Å²) in [6.45, 7) is 3.57. The number of nitrogens with zero attached hydrogens (tertiary/aromatic N) is 1. The molecule has 1 aliphatic carbocycles. The molecule has 0 radical (unpaired) electrons. The molecule has 4 rings (SSSR count). The van der Waals surface area contributed by atoms with Crippen LogP contribution in [0.5, 0.6) is 0 Å². The van der Waals surface area contributed by atoms with Crippen LogP contribution in [0.25, 0.3) is 11.1 Å². The minimum absolute atomic E-state index is 0.0338. The Hall–Kier alpha value is -3.35. The highest BCUT2D eigenvalue weighted by molar-refractivity contribution is 5.86. The zero-order valence-corrected chi connectivity index (χ0v) is 20.2. The molecular weight excluding hydrogens is 444 g/mol. The minimum Gasteiger partial charge on any atom is -0.481 e. The van der Waals surface area contributed by atoms with Crippen molar-refractivity contribution in [2.24, 2.45) is 5.92 Å². The Balaban J connectivity index is 1.41. The van der Waals surface area contributed by atoms with Crippen molar-refractivity contribution in [1.82, 2.24) is 10.2 Å². The van der Waals surface area contributed by atoms with Crippen LogP contribution in [0.4, 0.5) is 4.79 Å². The Bertz CT molecular complexity index is 1020. The molecular formula is C28H34N2O5. The van der Waals surface area contributed by atoms with Crippen LogP contribution in [-0.4, -0.2) is 53.7 Å². The van der Waals surface area contributed by atoms with Crippen molar-refractivity contribution in [3.05, 3.63) is 59.7 Å². The molecule has 1 fully saturated rings. The maximum atomic E-state index is 13.2. The zero-order chi connectivity index (χ0) is 24.8. The van der Waals surface area contributed by atoms with Gasteiger partial charge in [-0.25, -0.2) is 4.79 Å². The predicted octanol–water partition coefficient (Wildman–Crippen LogP) is 4.80. The summed E-state index contributed by atoms with van der Waals surface area (Å²) >= 11 is 0. The van der Waals surface area contributed by atoms with Crippen molar-refractivity contribution in [1.29, 1.82) is 0 Å². The van der Waals surface area contributed by atoms with Gasteiger partial charge in [0.1, 0.15) is 12.6 Å². The Labute approximate surface area is 206 Å². The number of carbonyl (C=O) groups is 3. The summed E-state index contributed by atoms with van der Waals surface area (Å²) < 4.78 is 5.61. The molecule has 2 amide bonds. The Morgan fingerprint density at radius 3 is 2.31 bits per heavy atom. The van der Waals surface area contributed by atoms with Crippen molar-refractivity contribution >= 4 is 18.0 Å². The van der Waals surface area contributed by atoms with E-state index >= 15 is 0 Å². The number of nitrogens with one attached hydrogen (secondary N) is 1. The number of aliphatic carboxylic acids is 1. The van der Waals surface area contributed by atoms with Gasteiger partial charge in [0, 0.05) is 25.4 Å². The van der Waals surface area contributed by atoms with Crippen LogP contribution in [0.2, 0.25) is 0 Å². The standard InChI is InChI=1S/C28H34N2O5/c1-2-19-8-7-16-30(17-15-19)27(33)25(13-14-26(31)32)29-28(34)35-18-24-22-11-5-3-9-20(22)21-10-4-6-12-23(21)24/h3-6,9-12,19,24-25H,2,7-8,13-18H2,1H3,(H,29,34)(H,31,32). The summed E-state index contributed by atoms with van der Waals surface area (Å²) in [5.41, 5.74) is 4.49. The highest BCUT2D eigenvalue weighted by Gasteiger charge is 2.31. The number of fused-ring (bicyclic) bond motifs is 3. The van der Waals surface area contributed by atoms with Gasteiger partial charge in [0.15, 0.2) is 0 Å². The van der Waals surface area contributed by atoms with Gasteiger partial charge < -0.3 is 20.1 Å². The van der Waals surface area contributed by atoms with Gasteiger partial charge in [0.25, 0.3) is 0 Å². The molecule has 0 bridgehead atoms. The Morgan fingerprint density at radius 2 is 1.69 bits per heavy atom. The fourth-order valence-electron chi connectivity index (χ4n) is 5.32. The van der Waals surface area contributed by atoms with E-state index in [4.69, 9.17) is 9.84 Å². The largest absolute Gasteiger partial charge is 0.481 e. The van der Waals surface area contributed by atoms with Crippen LogP contribution < -0.4 is 5.32 Å². The number of carboxylic acid groups (broad SMARTS) is 1. The fraction of sp³-hybridized carbons (Fsp3) is 0.464. The summed E-state index contributed by atoms with van der Waals surface area (Å²) in [4.78, 5) is 39.0. The van der Waals surface area contributed by atoms with E-state index in [1.807, 2.05) is 36.4 Å². The second-order valence-electron chi connectivity index (χ2n) is 9.49. The summed E-state index contributed by atoms with van der Waals surface area (Å²) in [6, 6.07) is 15.3. The van der Waals surface area contributed by atoms with Crippen LogP contribution in [0.15, 0.2) is 48.5 Å². The summed E-state index contributed by atoms with van der Waals surface area (Å²) in [7, 11) is 0. The highest BCUT2D eigenvalue weighted by Crippen LogP contribution is 2.44. The van der Waals surface area contributed by atoms with Crippen molar-refractivity contribution in [2.45, 2.75) is 57.4 Å². The lowest BCUT2D eigenvalue weighted by Gasteiger charge is -2.26. The van der Waals surface area contributed by atoms with E-state index < -0.39 is 18.1 Å². The van der Waals surface area contributed by atoms with Crippen LogP contribution in [-0.2, 0) is 14.3 Å². The van der Waals surface area contributed by atoms with E-state index in [1.165, 1.54) is 0 Å². The topological polar surface area (TPSA) is 95.9 Å². The van der Waals surface area contributed by atoms with Crippen LogP contribution in [0, 0.1) is 5.92 Å². The van der Waals surface area contributed by atoms with E-state index in [0.29, 0.717) is 19.0 Å². The Morgan fingerprint density at radius 1 is 1.03 bits per heavy atom. The SMILES string of the molecule is CCC1CCCN(C(=O)C(CCC(=O)O)NC(=O)OCC2c3ccccc3-c3ccccc32)CC1. The number of ether oxygens (including phenoxy) is 1. The van der Waals surface area contributed by atoms with E-state index in [0.717, 1.165) is 47.9 Å². The van der Waals surface area contributed by atoms with Gasteiger partial charge in [0.05, 0.1) is 0 Å². The second kappa shape index (κ2) is 11.4. The molecule has 2 aromatic rings. The summed E-state index contributed by atoms with van der Waals surface area (Å²) in [5, 5.41) is 11.8. The van der Waals surface area contributed by atoms with E-state index in [9.17, 15) is 14.4 Å². The van der Waals surface area contributed by atoms with Crippen molar-refractivity contribution in [2.75, 3.05) is 19.7 Å². The zero-order valence-electron chi connectivity index (χ0n) is 20.2. The first kappa shape index (κ1) is 24.8. The number of rotatable bonds is 8. The molecule has 0 spiro atoms.